The van der Waals surface area contributed by atoms with Gasteiger partial charge in [-0.15, -0.1) is 0 Å². The van der Waals surface area contributed by atoms with Gasteiger partial charge in [0, 0.05) is 18.0 Å². The molecule has 7 nitrogen and oxygen atoms in total. The molecular formula is C28H35N5O2. The minimum Gasteiger partial charge on any atom is -0.457 e. The molecule has 1 amide bonds. The second-order valence-corrected chi connectivity index (χ2v) is 8.26. The Morgan fingerprint density at radius 2 is 1.86 bits per heavy atom. The van der Waals surface area contributed by atoms with E-state index in [1.54, 1.807) is 11.0 Å². The number of benzene rings is 2. The summed E-state index contributed by atoms with van der Waals surface area (Å²) < 4.78 is 6.03. The van der Waals surface area contributed by atoms with Crippen molar-refractivity contribution in [2.75, 3.05) is 13.1 Å². The number of para-hydroxylation sites is 2. The molecule has 2 aliphatic rings. The van der Waals surface area contributed by atoms with E-state index < -0.39 is 0 Å². The molecule has 0 spiro atoms. The lowest BCUT2D eigenvalue weighted by molar-refractivity contribution is 0.0886. The summed E-state index contributed by atoms with van der Waals surface area (Å²) in [7, 11) is 0. The van der Waals surface area contributed by atoms with E-state index >= 15 is 0 Å². The van der Waals surface area contributed by atoms with E-state index in [-0.39, 0.29) is 11.4 Å². The van der Waals surface area contributed by atoms with Gasteiger partial charge in [0.05, 0.1) is 17.8 Å². The monoisotopic (exact) mass is 473 g/mol. The van der Waals surface area contributed by atoms with Gasteiger partial charge in [-0.1, -0.05) is 64.4 Å². The van der Waals surface area contributed by atoms with Crippen LogP contribution in [0, 0.1) is 17.4 Å². The van der Waals surface area contributed by atoms with E-state index in [0.29, 0.717) is 29.6 Å². The summed E-state index contributed by atoms with van der Waals surface area (Å²) >= 11 is 0. The first-order valence-electron chi connectivity index (χ1n) is 12.5. The Kier molecular flexibility index (Phi) is 8.91. The summed E-state index contributed by atoms with van der Waals surface area (Å²) in [6.45, 7) is 9.30. The summed E-state index contributed by atoms with van der Waals surface area (Å²) in [5.74, 6) is 1.53. The molecule has 3 aromatic rings. The lowest BCUT2D eigenvalue weighted by Gasteiger charge is -2.29. The van der Waals surface area contributed by atoms with E-state index in [1.807, 2.05) is 82.3 Å². The molecule has 7 heteroatoms. The maximum absolute atomic E-state index is 13.0. The van der Waals surface area contributed by atoms with Crippen molar-refractivity contribution in [3.8, 4) is 28.9 Å². The number of ether oxygens (including phenoxy) is 1. The van der Waals surface area contributed by atoms with Gasteiger partial charge in [-0.2, -0.15) is 10.4 Å². The number of rotatable bonds is 5. The van der Waals surface area contributed by atoms with Crippen LogP contribution in [0.4, 0.5) is 0 Å². The van der Waals surface area contributed by atoms with Crippen LogP contribution in [0.1, 0.15) is 57.4 Å². The van der Waals surface area contributed by atoms with Gasteiger partial charge in [0.1, 0.15) is 17.2 Å². The van der Waals surface area contributed by atoms with Crippen LogP contribution >= 0.6 is 0 Å². The Labute approximate surface area is 208 Å². The number of aromatic amines is 1. The summed E-state index contributed by atoms with van der Waals surface area (Å²) in [5, 5.41) is 19.7. The van der Waals surface area contributed by atoms with Crippen LogP contribution in [0.2, 0.25) is 0 Å². The highest BCUT2D eigenvalue weighted by molar-refractivity contribution is 5.94. The highest BCUT2D eigenvalue weighted by Gasteiger charge is 2.50. The molecule has 0 radical (unpaired) electrons. The number of nitrogens with zero attached hydrogens (tertiary/aromatic N) is 3. The zero-order valence-corrected chi connectivity index (χ0v) is 21.0. The number of likely N-dealkylation sites (tertiary alicyclic amines) is 1. The second kappa shape index (κ2) is 12.1. The van der Waals surface area contributed by atoms with E-state index in [1.165, 1.54) is 0 Å². The summed E-state index contributed by atoms with van der Waals surface area (Å²) in [6.07, 6.45) is 5.24. The molecular weight excluding hydrogens is 438 g/mol. The van der Waals surface area contributed by atoms with Crippen molar-refractivity contribution in [2.24, 2.45) is 5.92 Å². The van der Waals surface area contributed by atoms with Gasteiger partial charge < -0.3 is 15.0 Å². The number of carbonyl (C=O) groups excluding carboxylic acids is 1. The van der Waals surface area contributed by atoms with Gasteiger partial charge in [-0.3, -0.25) is 9.89 Å². The molecule has 35 heavy (non-hydrogen) atoms. The second-order valence-electron chi connectivity index (χ2n) is 8.26. The van der Waals surface area contributed by atoms with Crippen LogP contribution < -0.4 is 10.1 Å². The molecule has 1 aliphatic heterocycles. The lowest BCUT2D eigenvalue weighted by Crippen LogP contribution is -2.51. The third-order valence-electron chi connectivity index (χ3n) is 6.33. The zero-order valence-electron chi connectivity index (χ0n) is 21.0. The Balaban J connectivity index is 0.000000815. The van der Waals surface area contributed by atoms with Crippen LogP contribution in [0.5, 0.6) is 11.5 Å². The molecule has 2 fully saturated rings. The van der Waals surface area contributed by atoms with Gasteiger partial charge in [-0.25, -0.2) is 0 Å². The molecule has 2 unspecified atom stereocenters. The molecule has 2 aromatic carbocycles. The third kappa shape index (κ3) is 5.65. The fourth-order valence-corrected chi connectivity index (χ4v) is 4.82. The molecule has 2 atom stereocenters. The topological polar surface area (TPSA) is 94.0 Å². The maximum atomic E-state index is 13.0. The Morgan fingerprint density at radius 3 is 2.60 bits per heavy atom. The first-order valence-corrected chi connectivity index (χ1v) is 12.5. The van der Waals surface area contributed by atoms with Crippen molar-refractivity contribution in [3.63, 3.8) is 0 Å². The van der Waals surface area contributed by atoms with Gasteiger partial charge in [-0.05, 0) is 43.2 Å². The summed E-state index contributed by atoms with van der Waals surface area (Å²) in [6, 6.07) is 18.9. The highest BCUT2D eigenvalue weighted by Crippen LogP contribution is 2.41. The average molecular weight is 474 g/mol. The normalized spacial score (nSPS) is 19.9. The van der Waals surface area contributed by atoms with E-state index in [4.69, 9.17) is 4.74 Å². The first kappa shape index (κ1) is 25.8. The minimum atomic E-state index is -0.327. The van der Waals surface area contributed by atoms with Crippen LogP contribution in [-0.2, 0) is 0 Å². The Bertz CT molecular complexity index is 1140. The van der Waals surface area contributed by atoms with Gasteiger partial charge in [0.25, 0.3) is 5.91 Å². The molecule has 5 rings (SSSR count). The number of nitrogens with one attached hydrogen (secondary N) is 2. The van der Waals surface area contributed by atoms with Gasteiger partial charge in [0.2, 0.25) is 0 Å². The summed E-state index contributed by atoms with van der Waals surface area (Å²) in [4.78, 5) is 14.8. The molecule has 184 valence electrons. The number of amides is 1. The third-order valence-corrected chi connectivity index (χ3v) is 6.33. The number of H-pyrrole nitrogens is 1. The molecule has 1 saturated carbocycles. The molecule has 1 aromatic heterocycles. The Morgan fingerprint density at radius 1 is 1.14 bits per heavy atom. The van der Waals surface area contributed by atoms with E-state index in [2.05, 4.69) is 21.7 Å². The number of hydrogen-bond acceptors (Lipinski definition) is 5. The molecule has 1 aliphatic carbocycles. The predicted molar refractivity (Wildman–Crippen MR) is 138 cm³/mol. The highest BCUT2D eigenvalue weighted by atomic mass is 16.5. The smallest absolute Gasteiger partial charge is 0.269 e. The van der Waals surface area contributed by atoms with Crippen molar-refractivity contribution in [2.45, 2.75) is 52.5 Å². The Hall–Kier alpha value is -3.79. The quantitative estimate of drug-likeness (QED) is 0.444. The standard InChI is InChI=1S/C24H23N5O2.2C2H6/c25-16-29-14-17-7-6-12-24(17,15-29)26-23(30)21-13-20(27-28-21)19-10-4-5-11-22(19)31-18-8-2-1-3-9-18;2*1-2/h1-5,8-11,13,17H,6-7,12,14-15H2,(H,26,30)(H,27,28);2*1-2H3. The number of carbonyl (C=O) groups is 1. The van der Waals surface area contributed by atoms with E-state index in [9.17, 15) is 10.1 Å². The molecule has 2 N–H and O–H groups in total. The first-order chi connectivity index (χ1) is 17.2. The van der Waals surface area contributed by atoms with Crippen molar-refractivity contribution in [1.82, 2.24) is 20.4 Å². The number of nitriles is 1. The zero-order chi connectivity index (χ0) is 25.3. The van der Waals surface area contributed by atoms with Gasteiger partial charge in [0.15, 0.2) is 6.19 Å². The summed E-state index contributed by atoms with van der Waals surface area (Å²) in [5.41, 5.74) is 1.52. The largest absolute Gasteiger partial charge is 0.457 e. The fraction of sp³-hybridized carbons (Fsp3) is 0.393. The number of fused-ring (bicyclic) bond motifs is 1. The van der Waals surface area contributed by atoms with Crippen molar-refractivity contribution in [1.29, 1.82) is 5.26 Å². The molecule has 2 heterocycles. The minimum absolute atomic E-state index is 0.188. The van der Waals surface area contributed by atoms with Crippen LogP contribution in [0.15, 0.2) is 60.7 Å². The SMILES string of the molecule is CC.CC.N#CN1CC2CCCC2(NC(=O)c2cc(-c3ccccc3Oc3ccccc3)n[nH]2)C1. The fourth-order valence-electron chi connectivity index (χ4n) is 4.82. The van der Waals surface area contributed by atoms with Crippen molar-refractivity contribution < 1.29 is 9.53 Å². The van der Waals surface area contributed by atoms with Crippen molar-refractivity contribution >= 4 is 5.91 Å². The molecule has 1 saturated heterocycles. The maximum Gasteiger partial charge on any atom is 0.269 e. The number of hydrogen-bond donors (Lipinski definition) is 2. The van der Waals surface area contributed by atoms with Crippen LogP contribution in [-0.4, -0.2) is 39.6 Å². The number of aromatic nitrogens is 2. The van der Waals surface area contributed by atoms with Crippen LogP contribution in [0.3, 0.4) is 0 Å². The van der Waals surface area contributed by atoms with Crippen molar-refractivity contribution in [3.05, 3.63) is 66.4 Å². The molecule has 0 bridgehead atoms. The average Bonchev–Trinajstić information content (AvgIpc) is 3.62. The van der Waals surface area contributed by atoms with Crippen LogP contribution in [0.25, 0.3) is 11.3 Å². The van der Waals surface area contributed by atoms with E-state index in [0.717, 1.165) is 37.1 Å². The van der Waals surface area contributed by atoms with Gasteiger partial charge >= 0.3 is 0 Å². The lowest BCUT2D eigenvalue weighted by atomic mass is 9.90. The predicted octanol–water partition coefficient (Wildman–Crippen LogP) is 5.99.